The molecule has 1 aromatic heterocycles. The standard InChI is InChI=1S/C21H29BrN6.HI/c1-3-18-26-19-9-8-17(13-28(19)27-18)25-20(23-4-2)24-14-21(10-11-21)15-6-5-7-16(22)12-15;/h5-7,12,17H,3-4,8-11,13-14H2,1-2H3,(H2,23,24,25);1H. The molecule has 8 heteroatoms. The average Bonchev–Trinajstić information content (AvgIpc) is 3.38. The molecular formula is C21H30BrIN6. The largest absolute Gasteiger partial charge is 0.357 e. The zero-order chi connectivity index (χ0) is 19.6. The van der Waals surface area contributed by atoms with Crippen molar-refractivity contribution < 1.29 is 0 Å². The molecule has 1 unspecified atom stereocenters. The molecule has 1 aromatic carbocycles. The van der Waals surface area contributed by atoms with E-state index in [0.29, 0.717) is 6.04 Å². The van der Waals surface area contributed by atoms with Gasteiger partial charge in [-0.1, -0.05) is 35.0 Å². The summed E-state index contributed by atoms with van der Waals surface area (Å²) in [5, 5.41) is 11.7. The number of halogens is 2. The molecule has 1 aliphatic heterocycles. The van der Waals surface area contributed by atoms with Crippen molar-refractivity contribution in [2.75, 3.05) is 13.1 Å². The van der Waals surface area contributed by atoms with Crippen molar-refractivity contribution in [3.63, 3.8) is 0 Å². The van der Waals surface area contributed by atoms with Gasteiger partial charge in [0.25, 0.3) is 0 Å². The van der Waals surface area contributed by atoms with Gasteiger partial charge in [-0.3, -0.25) is 4.99 Å². The highest BCUT2D eigenvalue weighted by Crippen LogP contribution is 2.48. The Morgan fingerprint density at radius 2 is 2.17 bits per heavy atom. The quantitative estimate of drug-likeness (QED) is 0.314. The van der Waals surface area contributed by atoms with Crippen LogP contribution in [0.2, 0.25) is 0 Å². The second kappa shape index (κ2) is 9.76. The number of rotatable bonds is 6. The molecular weight excluding hydrogens is 543 g/mol. The van der Waals surface area contributed by atoms with Crippen LogP contribution in [-0.4, -0.2) is 39.9 Å². The zero-order valence-electron chi connectivity index (χ0n) is 17.1. The molecule has 1 saturated carbocycles. The number of nitrogens with zero attached hydrogens (tertiary/aromatic N) is 4. The van der Waals surface area contributed by atoms with E-state index in [1.54, 1.807) is 0 Å². The van der Waals surface area contributed by atoms with Crippen LogP contribution in [0.15, 0.2) is 33.7 Å². The van der Waals surface area contributed by atoms with Crippen LogP contribution in [-0.2, 0) is 24.8 Å². The van der Waals surface area contributed by atoms with Gasteiger partial charge in [-0.25, -0.2) is 9.67 Å². The Morgan fingerprint density at radius 1 is 1.34 bits per heavy atom. The van der Waals surface area contributed by atoms with Crippen LogP contribution < -0.4 is 10.6 Å². The molecule has 0 bridgehead atoms. The van der Waals surface area contributed by atoms with Gasteiger partial charge in [0, 0.05) is 35.3 Å². The van der Waals surface area contributed by atoms with Crippen molar-refractivity contribution in [2.24, 2.45) is 4.99 Å². The summed E-state index contributed by atoms with van der Waals surface area (Å²) in [6, 6.07) is 9.00. The summed E-state index contributed by atoms with van der Waals surface area (Å²) >= 11 is 3.60. The molecule has 2 N–H and O–H groups in total. The molecule has 2 aromatic rings. The Hall–Kier alpha value is -1.16. The monoisotopic (exact) mass is 572 g/mol. The fourth-order valence-electron chi connectivity index (χ4n) is 3.88. The summed E-state index contributed by atoms with van der Waals surface area (Å²) in [6.45, 7) is 6.74. The molecule has 1 aliphatic carbocycles. The average molecular weight is 573 g/mol. The first-order valence-electron chi connectivity index (χ1n) is 10.4. The molecule has 1 atom stereocenters. The maximum Gasteiger partial charge on any atom is 0.191 e. The first-order chi connectivity index (χ1) is 13.6. The van der Waals surface area contributed by atoms with E-state index in [4.69, 9.17) is 4.99 Å². The molecule has 0 spiro atoms. The van der Waals surface area contributed by atoms with E-state index in [-0.39, 0.29) is 29.4 Å². The number of aryl methyl sites for hydroxylation is 2. The van der Waals surface area contributed by atoms with E-state index in [2.05, 4.69) is 79.4 Å². The number of hydrogen-bond donors (Lipinski definition) is 2. The first kappa shape index (κ1) is 22.5. The highest BCUT2D eigenvalue weighted by atomic mass is 127. The predicted octanol–water partition coefficient (Wildman–Crippen LogP) is 3.82. The highest BCUT2D eigenvalue weighted by molar-refractivity contribution is 14.0. The Morgan fingerprint density at radius 3 is 2.86 bits per heavy atom. The lowest BCUT2D eigenvalue weighted by molar-refractivity contribution is 0.392. The Balaban J connectivity index is 0.00000240. The van der Waals surface area contributed by atoms with Crippen LogP contribution in [0, 0.1) is 0 Å². The zero-order valence-corrected chi connectivity index (χ0v) is 21.0. The summed E-state index contributed by atoms with van der Waals surface area (Å²) in [5.41, 5.74) is 1.59. The number of aliphatic imine (C=N–C) groups is 1. The topological polar surface area (TPSA) is 67.1 Å². The van der Waals surface area contributed by atoms with Gasteiger partial charge in [0.2, 0.25) is 0 Å². The van der Waals surface area contributed by atoms with Gasteiger partial charge in [0.15, 0.2) is 11.8 Å². The third kappa shape index (κ3) is 5.31. The minimum absolute atomic E-state index is 0. The first-order valence-corrected chi connectivity index (χ1v) is 11.1. The van der Waals surface area contributed by atoms with E-state index in [1.165, 1.54) is 18.4 Å². The van der Waals surface area contributed by atoms with Gasteiger partial charge < -0.3 is 10.6 Å². The van der Waals surface area contributed by atoms with E-state index in [0.717, 1.165) is 61.0 Å². The van der Waals surface area contributed by atoms with Gasteiger partial charge in [-0.05, 0) is 43.9 Å². The van der Waals surface area contributed by atoms with Crippen LogP contribution in [0.5, 0.6) is 0 Å². The van der Waals surface area contributed by atoms with E-state index < -0.39 is 0 Å². The number of aromatic nitrogens is 3. The molecule has 0 saturated heterocycles. The summed E-state index contributed by atoms with van der Waals surface area (Å²) in [4.78, 5) is 9.57. The molecule has 2 heterocycles. The second-order valence-electron chi connectivity index (χ2n) is 7.85. The molecule has 2 aliphatic rings. The van der Waals surface area contributed by atoms with Crippen molar-refractivity contribution in [3.8, 4) is 0 Å². The summed E-state index contributed by atoms with van der Waals surface area (Å²) in [5.74, 6) is 2.97. The minimum atomic E-state index is 0. The van der Waals surface area contributed by atoms with Crippen molar-refractivity contribution in [2.45, 2.75) is 64.0 Å². The predicted molar refractivity (Wildman–Crippen MR) is 131 cm³/mol. The number of nitrogens with one attached hydrogen (secondary N) is 2. The highest BCUT2D eigenvalue weighted by Gasteiger charge is 2.44. The number of hydrogen-bond acceptors (Lipinski definition) is 3. The van der Waals surface area contributed by atoms with Crippen LogP contribution in [0.3, 0.4) is 0 Å². The van der Waals surface area contributed by atoms with Gasteiger partial charge in [-0.2, -0.15) is 5.10 Å². The molecule has 4 rings (SSSR count). The number of guanidine groups is 1. The van der Waals surface area contributed by atoms with Crippen molar-refractivity contribution in [1.82, 2.24) is 25.4 Å². The normalized spacial score (nSPS) is 19.8. The Labute approximate surface area is 198 Å². The molecule has 29 heavy (non-hydrogen) atoms. The molecule has 1 fully saturated rings. The van der Waals surface area contributed by atoms with Gasteiger partial charge in [0.1, 0.15) is 5.82 Å². The smallest absolute Gasteiger partial charge is 0.191 e. The van der Waals surface area contributed by atoms with Crippen LogP contribution >= 0.6 is 39.9 Å². The Bertz CT molecular complexity index is 861. The third-order valence-corrected chi connectivity index (χ3v) is 6.23. The van der Waals surface area contributed by atoms with Crippen LogP contribution in [0.25, 0.3) is 0 Å². The lowest BCUT2D eigenvalue weighted by atomic mass is 9.96. The Kier molecular flexibility index (Phi) is 7.58. The van der Waals surface area contributed by atoms with E-state index in [1.807, 2.05) is 0 Å². The van der Waals surface area contributed by atoms with E-state index >= 15 is 0 Å². The van der Waals surface area contributed by atoms with Crippen molar-refractivity contribution in [3.05, 3.63) is 46.0 Å². The maximum atomic E-state index is 4.96. The second-order valence-corrected chi connectivity index (χ2v) is 8.76. The van der Waals surface area contributed by atoms with E-state index in [9.17, 15) is 0 Å². The van der Waals surface area contributed by atoms with Crippen molar-refractivity contribution in [1.29, 1.82) is 0 Å². The SMILES string of the molecule is CCNC(=NCC1(c2cccc(Br)c2)CC1)NC1CCc2nc(CC)nn2C1.I. The molecule has 6 nitrogen and oxygen atoms in total. The van der Waals surface area contributed by atoms with Crippen LogP contribution in [0.1, 0.15) is 50.3 Å². The van der Waals surface area contributed by atoms with Gasteiger partial charge >= 0.3 is 0 Å². The lowest BCUT2D eigenvalue weighted by Crippen LogP contribution is -2.47. The fraction of sp³-hybridized carbons (Fsp3) is 0.571. The van der Waals surface area contributed by atoms with Crippen LogP contribution in [0.4, 0.5) is 0 Å². The maximum absolute atomic E-state index is 4.96. The minimum Gasteiger partial charge on any atom is -0.357 e. The molecule has 158 valence electrons. The summed E-state index contributed by atoms with van der Waals surface area (Å²) < 4.78 is 3.20. The third-order valence-electron chi connectivity index (χ3n) is 5.73. The van der Waals surface area contributed by atoms with Gasteiger partial charge in [-0.15, -0.1) is 24.0 Å². The summed E-state index contributed by atoms with van der Waals surface area (Å²) in [6.07, 6.45) is 5.32. The lowest BCUT2D eigenvalue weighted by Gasteiger charge is -2.25. The molecule has 0 radical (unpaired) electrons. The number of fused-ring (bicyclic) bond motifs is 1. The molecule has 0 amide bonds. The van der Waals surface area contributed by atoms with Crippen molar-refractivity contribution >= 4 is 45.9 Å². The summed E-state index contributed by atoms with van der Waals surface area (Å²) in [7, 11) is 0. The van der Waals surface area contributed by atoms with Gasteiger partial charge in [0.05, 0.1) is 13.1 Å². The number of benzene rings is 1. The fourth-order valence-corrected chi connectivity index (χ4v) is 4.28.